The molecular formula is C26H23NO5. The van der Waals surface area contributed by atoms with Crippen LogP contribution in [0.5, 0.6) is 11.5 Å². The summed E-state index contributed by atoms with van der Waals surface area (Å²) in [5.74, 6) is 1.81. The van der Waals surface area contributed by atoms with Crippen molar-refractivity contribution in [2.45, 2.75) is 6.42 Å². The molecule has 32 heavy (non-hydrogen) atoms. The van der Waals surface area contributed by atoms with Crippen LogP contribution in [0.15, 0.2) is 60.7 Å². The van der Waals surface area contributed by atoms with E-state index in [-0.39, 0.29) is 47.9 Å². The second-order valence-corrected chi connectivity index (χ2v) is 9.07. The zero-order valence-electron chi connectivity index (χ0n) is 17.6. The number of carbonyl (C=O) groups is 3. The first-order valence-corrected chi connectivity index (χ1v) is 11.0. The molecule has 6 nitrogen and oxygen atoms in total. The number of nitrogens with zero attached hydrogens (tertiary/aromatic N) is 1. The number of allylic oxidation sites excluding steroid dienone is 2. The summed E-state index contributed by atoms with van der Waals surface area (Å²) in [4.78, 5) is 40.3. The molecule has 3 fully saturated rings. The van der Waals surface area contributed by atoms with Crippen LogP contribution < -0.4 is 14.4 Å². The van der Waals surface area contributed by atoms with E-state index in [4.69, 9.17) is 9.47 Å². The molecule has 2 bridgehead atoms. The smallest absolute Gasteiger partial charge is 0.238 e. The summed E-state index contributed by atoms with van der Waals surface area (Å²) < 4.78 is 10.9. The van der Waals surface area contributed by atoms with Gasteiger partial charge in [0.2, 0.25) is 17.6 Å². The minimum atomic E-state index is -0.212. The second-order valence-electron chi connectivity index (χ2n) is 9.07. The number of hydrogen-bond donors (Lipinski definition) is 0. The van der Waals surface area contributed by atoms with Crippen LogP contribution in [0.25, 0.3) is 0 Å². The number of benzene rings is 2. The maximum absolute atomic E-state index is 13.2. The highest BCUT2D eigenvalue weighted by atomic mass is 16.5. The molecule has 1 aliphatic heterocycles. The van der Waals surface area contributed by atoms with E-state index >= 15 is 0 Å². The van der Waals surface area contributed by atoms with Crippen LogP contribution in [0.1, 0.15) is 16.8 Å². The van der Waals surface area contributed by atoms with Crippen molar-refractivity contribution in [2.24, 2.45) is 35.5 Å². The first-order valence-electron chi connectivity index (χ1n) is 11.0. The standard InChI is InChI=1S/C26H23NO5/c1-31-22-5-3-2-4-18(22)21(28)13-32-15-8-6-14(7-9-15)27-25(29)23-16-10-11-17(20-12-19(16)20)24(23)26(27)30/h2-11,16-17,19-20,23-24H,12-13H2,1H3/t16-,17+,19+,20-,23-,24+. The van der Waals surface area contributed by atoms with Gasteiger partial charge >= 0.3 is 0 Å². The topological polar surface area (TPSA) is 72.9 Å². The van der Waals surface area contributed by atoms with Crippen LogP contribution in [0.2, 0.25) is 0 Å². The van der Waals surface area contributed by atoms with Crippen molar-refractivity contribution in [3.05, 3.63) is 66.2 Å². The van der Waals surface area contributed by atoms with Crippen LogP contribution in [0.3, 0.4) is 0 Å². The predicted molar refractivity (Wildman–Crippen MR) is 116 cm³/mol. The molecule has 1 saturated heterocycles. The highest BCUT2D eigenvalue weighted by Gasteiger charge is 2.67. The maximum atomic E-state index is 13.2. The van der Waals surface area contributed by atoms with Gasteiger partial charge < -0.3 is 9.47 Å². The SMILES string of the molecule is COc1ccccc1C(=O)COc1ccc(N2C(=O)[C@@H]3[C@@H]4C=C[C@@H]([C@H]5C[C@@H]45)[C@@H]3C2=O)cc1. The van der Waals surface area contributed by atoms with E-state index in [1.807, 2.05) is 0 Å². The highest BCUT2D eigenvalue weighted by Crippen LogP contribution is 2.65. The van der Waals surface area contributed by atoms with E-state index in [2.05, 4.69) is 12.2 Å². The number of imide groups is 1. The van der Waals surface area contributed by atoms with Crippen molar-refractivity contribution in [3.8, 4) is 11.5 Å². The predicted octanol–water partition coefficient (Wildman–Crippen LogP) is 3.51. The summed E-state index contributed by atoms with van der Waals surface area (Å²) in [6, 6.07) is 13.8. The van der Waals surface area contributed by atoms with Gasteiger partial charge in [-0.1, -0.05) is 24.3 Å². The molecule has 1 heterocycles. The van der Waals surface area contributed by atoms with Crippen LogP contribution in [0, 0.1) is 35.5 Å². The van der Waals surface area contributed by atoms with Gasteiger partial charge in [0.1, 0.15) is 11.5 Å². The lowest BCUT2D eigenvalue weighted by Crippen LogP contribution is -2.40. The van der Waals surface area contributed by atoms with Gasteiger partial charge in [-0.15, -0.1) is 0 Å². The lowest BCUT2D eigenvalue weighted by atomic mass is 9.63. The van der Waals surface area contributed by atoms with E-state index in [1.54, 1.807) is 48.5 Å². The zero-order valence-corrected chi connectivity index (χ0v) is 17.6. The van der Waals surface area contributed by atoms with Gasteiger partial charge in [-0.2, -0.15) is 0 Å². The van der Waals surface area contributed by atoms with E-state index in [0.717, 1.165) is 6.42 Å². The first kappa shape index (κ1) is 19.3. The molecule has 5 aliphatic rings. The number of rotatable bonds is 6. The number of ether oxygens (including phenoxy) is 2. The van der Waals surface area contributed by atoms with E-state index in [0.29, 0.717) is 34.6 Å². The largest absolute Gasteiger partial charge is 0.496 e. The van der Waals surface area contributed by atoms with Crippen molar-refractivity contribution >= 4 is 23.3 Å². The summed E-state index contributed by atoms with van der Waals surface area (Å²) in [5.41, 5.74) is 1.02. The number of carbonyl (C=O) groups excluding carboxylic acids is 3. The van der Waals surface area contributed by atoms with Gasteiger partial charge in [0.05, 0.1) is 30.2 Å². The fraction of sp³-hybridized carbons (Fsp3) is 0.346. The molecule has 0 spiro atoms. The third-order valence-corrected chi connectivity index (χ3v) is 7.54. The zero-order chi connectivity index (χ0) is 22.0. The number of anilines is 1. The Kier molecular flexibility index (Phi) is 4.25. The molecular weight excluding hydrogens is 406 g/mol. The van der Waals surface area contributed by atoms with Crippen molar-refractivity contribution in [1.29, 1.82) is 0 Å². The molecule has 6 heteroatoms. The van der Waals surface area contributed by atoms with Gasteiger partial charge in [-0.3, -0.25) is 19.3 Å². The molecule has 0 N–H and O–H groups in total. The Morgan fingerprint density at radius 3 is 2.19 bits per heavy atom. The lowest BCUT2D eigenvalue weighted by molar-refractivity contribution is -0.124. The summed E-state index contributed by atoms with van der Waals surface area (Å²) in [5, 5.41) is 0. The average Bonchev–Trinajstić information content (AvgIpc) is 3.61. The molecule has 2 amide bonds. The Labute approximate surface area is 185 Å². The minimum absolute atomic E-state index is 0.0790. The van der Waals surface area contributed by atoms with E-state index in [9.17, 15) is 14.4 Å². The molecule has 2 aromatic carbocycles. The first-order chi connectivity index (χ1) is 15.6. The summed E-state index contributed by atoms with van der Waals surface area (Å²) in [7, 11) is 1.52. The Morgan fingerprint density at radius 2 is 1.56 bits per heavy atom. The van der Waals surface area contributed by atoms with Crippen LogP contribution in [-0.4, -0.2) is 31.3 Å². The van der Waals surface area contributed by atoms with Gasteiger partial charge in [0.25, 0.3) is 0 Å². The fourth-order valence-corrected chi connectivity index (χ4v) is 6.00. The van der Waals surface area contributed by atoms with Crippen molar-refractivity contribution in [3.63, 3.8) is 0 Å². The number of amides is 2. The average molecular weight is 429 g/mol. The summed E-state index contributed by atoms with van der Waals surface area (Å²) in [6.45, 7) is -0.136. The van der Waals surface area contributed by atoms with Crippen LogP contribution in [0.4, 0.5) is 5.69 Å². The normalized spacial score (nSPS) is 31.3. The third-order valence-electron chi connectivity index (χ3n) is 7.54. The van der Waals surface area contributed by atoms with E-state index < -0.39 is 0 Å². The van der Waals surface area contributed by atoms with Crippen molar-refractivity contribution < 1.29 is 23.9 Å². The van der Waals surface area contributed by atoms with Crippen LogP contribution >= 0.6 is 0 Å². The Balaban J connectivity index is 1.16. The summed E-state index contributed by atoms with van der Waals surface area (Å²) >= 11 is 0. The van der Waals surface area contributed by atoms with Crippen LogP contribution in [-0.2, 0) is 9.59 Å². The monoisotopic (exact) mass is 429 g/mol. The Hall–Kier alpha value is -3.41. The molecule has 2 saturated carbocycles. The van der Waals surface area contributed by atoms with Crippen molar-refractivity contribution in [1.82, 2.24) is 0 Å². The van der Waals surface area contributed by atoms with Gasteiger partial charge in [0, 0.05) is 0 Å². The number of ketones is 1. The lowest BCUT2D eigenvalue weighted by Gasteiger charge is -2.37. The van der Waals surface area contributed by atoms with Gasteiger partial charge in [0.15, 0.2) is 6.61 Å². The molecule has 7 rings (SSSR count). The Morgan fingerprint density at radius 1 is 0.938 bits per heavy atom. The molecule has 2 aromatic rings. The third kappa shape index (κ3) is 2.75. The number of Topliss-reactive ketones (excluding diaryl/α,β-unsaturated/α-hetero) is 1. The van der Waals surface area contributed by atoms with Gasteiger partial charge in [-0.05, 0) is 66.5 Å². The second kappa shape index (κ2) is 7.05. The molecule has 0 unspecified atom stereocenters. The number of hydrogen-bond acceptors (Lipinski definition) is 5. The summed E-state index contributed by atoms with van der Waals surface area (Å²) in [6.07, 6.45) is 5.49. The fourth-order valence-electron chi connectivity index (χ4n) is 6.00. The molecule has 4 aliphatic carbocycles. The quantitative estimate of drug-likeness (QED) is 0.399. The number of methoxy groups -OCH3 is 1. The molecule has 6 atom stereocenters. The van der Waals surface area contributed by atoms with Gasteiger partial charge in [-0.25, -0.2) is 0 Å². The molecule has 0 aromatic heterocycles. The number of para-hydroxylation sites is 1. The van der Waals surface area contributed by atoms with E-state index in [1.165, 1.54) is 12.0 Å². The maximum Gasteiger partial charge on any atom is 0.238 e. The Bertz CT molecular complexity index is 1120. The molecule has 162 valence electrons. The molecule has 0 radical (unpaired) electrons. The van der Waals surface area contributed by atoms with Crippen molar-refractivity contribution in [2.75, 3.05) is 18.6 Å². The highest BCUT2D eigenvalue weighted by molar-refractivity contribution is 6.22. The minimum Gasteiger partial charge on any atom is -0.496 e.